The Balaban J connectivity index is 2.18. The van der Waals surface area contributed by atoms with Crippen LogP contribution in [0.15, 0.2) is 38.3 Å². The second-order valence-corrected chi connectivity index (χ2v) is 4.88. The molecule has 1 saturated carbocycles. The van der Waals surface area contributed by atoms with Crippen molar-refractivity contribution in [3.05, 3.63) is 34.5 Å². The summed E-state index contributed by atoms with van der Waals surface area (Å²) in [6.45, 7) is 0. The second kappa shape index (κ2) is 3.30. The normalized spacial score (nSPS) is 17.1. The molecule has 3 nitrogen and oxygen atoms in total. The fraction of sp³-hybridized carbons (Fsp3) is 0.250. The summed E-state index contributed by atoms with van der Waals surface area (Å²) in [5, 5.41) is 1.02. The standard InChI is InChI=1S/C12H8BrNO2/c13-10-6-16-11-2-1-8(5-9(10)11)12(3-4-12)14-7-15/h1-2,5-6H,3-4H2. The van der Waals surface area contributed by atoms with E-state index in [4.69, 9.17) is 4.42 Å². The molecule has 4 heteroatoms. The summed E-state index contributed by atoms with van der Waals surface area (Å²) in [5.74, 6) is 0. The zero-order valence-electron chi connectivity index (χ0n) is 8.37. The van der Waals surface area contributed by atoms with Gasteiger partial charge in [-0.2, -0.15) is 4.99 Å². The lowest BCUT2D eigenvalue weighted by Gasteiger charge is -2.07. The van der Waals surface area contributed by atoms with Crippen molar-refractivity contribution in [2.45, 2.75) is 18.4 Å². The number of nitrogens with zero attached hydrogens (tertiary/aromatic N) is 1. The highest BCUT2D eigenvalue weighted by Gasteiger charge is 2.44. The van der Waals surface area contributed by atoms with Crippen molar-refractivity contribution in [2.24, 2.45) is 4.99 Å². The van der Waals surface area contributed by atoms with E-state index in [-0.39, 0.29) is 5.54 Å². The Labute approximate surface area is 100 Å². The van der Waals surface area contributed by atoms with Gasteiger partial charge in [-0.05, 0) is 46.5 Å². The Morgan fingerprint density at radius 3 is 2.94 bits per heavy atom. The van der Waals surface area contributed by atoms with Gasteiger partial charge in [0.2, 0.25) is 6.08 Å². The van der Waals surface area contributed by atoms with Crippen molar-refractivity contribution in [3.8, 4) is 0 Å². The number of rotatable bonds is 2. The molecule has 0 N–H and O–H groups in total. The number of halogens is 1. The molecule has 1 aromatic heterocycles. The highest BCUT2D eigenvalue weighted by atomic mass is 79.9. The Morgan fingerprint density at radius 2 is 2.25 bits per heavy atom. The highest BCUT2D eigenvalue weighted by Crippen LogP contribution is 2.50. The van der Waals surface area contributed by atoms with Crippen LogP contribution < -0.4 is 0 Å². The number of furan rings is 1. The Hall–Kier alpha value is -1.38. The van der Waals surface area contributed by atoms with E-state index < -0.39 is 0 Å². The van der Waals surface area contributed by atoms with Crippen LogP contribution in [-0.4, -0.2) is 6.08 Å². The van der Waals surface area contributed by atoms with Crippen LogP contribution in [0, 0.1) is 0 Å². The van der Waals surface area contributed by atoms with E-state index >= 15 is 0 Å². The SMILES string of the molecule is O=C=NC1(c2ccc3occ(Br)c3c2)CC1. The first-order chi connectivity index (χ1) is 7.75. The summed E-state index contributed by atoms with van der Waals surface area (Å²) in [5.41, 5.74) is 1.58. The molecule has 1 aliphatic rings. The number of fused-ring (bicyclic) bond motifs is 1. The number of hydrogen-bond acceptors (Lipinski definition) is 3. The molecule has 16 heavy (non-hydrogen) atoms. The Morgan fingerprint density at radius 1 is 1.44 bits per heavy atom. The van der Waals surface area contributed by atoms with Gasteiger partial charge >= 0.3 is 0 Å². The van der Waals surface area contributed by atoms with Crippen LogP contribution in [0.3, 0.4) is 0 Å². The lowest BCUT2D eigenvalue weighted by molar-refractivity contribution is 0.556. The van der Waals surface area contributed by atoms with Crippen LogP contribution in [0.5, 0.6) is 0 Å². The van der Waals surface area contributed by atoms with Crippen molar-refractivity contribution in [3.63, 3.8) is 0 Å². The quantitative estimate of drug-likeness (QED) is 0.623. The van der Waals surface area contributed by atoms with Gasteiger partial charge in [0.15, 0.2) is 0 Å². The molecule has 0 saturated heterocycles. The van der Waals surface area contributed by atoms with Crippen molar-refractivity contribution >= 4 is 33.0 Å². The zero-order valence-corrected chi connectivity index (χ0v) is 9.95. The minimum atomic E-state index is -0.313. The predicted octanol–water partition coefficient (Wildman–Crippen LogP) is 3.52. The van der Waals surface area contributed by atoms with Crippen LogP contribution in [-0.2, 0) is 10.3 Å². The summed E-state index contributed by atoms with van der Waals surface area (Å²) < 4.78 is 6.27. The number of aliphatic imine (C=N–C) groups is 1. The first kappa shape index (κ1) is 9.82. The molecule has 1 aliphatic carbocycles. The molecule has 80 valence electrons. The van der Waals surface area contributed by atoms with Crippen LogP contribution in [0.2, 0.25) is 0 Å². The van der Waals surface area contributed by atoms with Gasteiger partial charge in [0, 0.05) is 5.39 Å². The molecule has 1 aromatic carbocycles. The molecular weight excluding hydrogens is 270 g/mol. The highest BCUT2D eigenvalue weighted by molar-refractivity contribution is 9.10. The third kappa shape index (κ3) is 1.34. The summed E-state index contributed by atoms with van der Waals surface area (Å²) in [6.07, 6.45) is 5.17. The van der Waals surface area contributed by atoms with Gasteiger partial charge in [0.1, 0.15) is 11.8 Å². The second-order valence-electron chi connectivity index (χ2n) is 4.03. The molecule has 0 aliphatic heterocycles. The molecule has 0 spiro atoms. The fourth-order valence-corrected chi connectivity index (χ4v) is 2.36. The summed E-state index contributed by atoms with van der Waals surface area (Å²) >= 11 is 3.43. The van der Waals surface area contributed by atoms with Crippen LogP contribution >= 0.6 is 15.9 Å². The molecule has 3 rings (SSSR count). The average molecular weight is 278 g/mol. The molecule has 1 fully saturated rings. The third-order valence-corrected chi connectivity index (χ3v) is 3.66. The summed E-state index contributed by atoms with van der Waals surface area (Å²) in [6, 6.07) is 5.90. The topological polar surface area (TPSA) is 42.6 Å². The van der Waals surface area contributed by atoms with Gasteiger partial charge in [-0.25, -0.2) is 4.79 Å². The Bertz CT molecular complexity index is 607. The van der Waals surface area contributed by atoms with Crippen LogP contribution in [0.4, 0.5) is 0 Å². The molecule has 2 aromatic rings. The zero-order chi connectivity index (χ0) is 11.2. The molecule has 0 bridgehead atoms. The smallest absolute Gasteiger partial charge is 0.235 e. The third-order valence-electron chi connectivity index (χ3n) is 3.05. The van der Waals surface area contributed by atoms with Crippen molar-refractivity contribution < 1.29 is 9.21 Å². The molecule has 0 unspecified atom stereocenters. The van der Waals surface area contributed by atoms with E-state index in [1.165, 1.54) is 0 Å². The predicted molar refractivity (Wildman–Crippen MR) is 62.9 cm³/mol. The lowest BCUT2D eigenvalue weighted by atomic mass is 10.0. The maximum absolute atomic E-state index is 10.4. The minimum absolute atomic E-state index is 0.313. The fourth-order valence-electron chi connectivity index (χ4n) is 1.96. The minimum Gasteiger partial charge on any atom is -0.463 e. The van der Waals surface area contributed by atoms with Gasteiger partial charge in [-0.15, -0.1) is 0 Å². The number of isocyanates is 1. The number of hydrogen-bond donors (Lipinski definition) is 0. The Kier molecular flexibility index (Phi) is 2.03. The van der Waals surface area contributed by atoms with Crippen LogP contribution in [0.25, 0.3) is 11.0 Å². The average Bonchev–Trinajstić information content (AvgIpc) is 2.99. The van der Waals surface area contributed by atoms with Crippen molar-refractivity contribution in [1.82, 2.24) is 0 Å². The molecular formula is C12H8BrNO2. The molecule has 0 radical (unpaired) electrons. The van der Waals surface area contributed by atoms with E-state index in [2.05, 4.69) is 20.9 Å². The summed E-state index contributed by atoms with van der Waals surface area (Å²) in [4.78, 5) is 14.3. The van der Waals surface area contributed by atoms with E-state index in [1.54, 1.807) is 12.3 Å². The van der Waals surface area contributed by atoms with E-state index in [0.29, 0.717) is 0 Å². The van der Waals surface area contributed by atoms with Crippen LogP contribution in [0.1, 0.15) is 18.4 Å². The van der Waals surface area contributed by atoms with Gasteiger partial charge < -0.3 is 4.42 Å². The van der Waals surface area contributed by atoms with Gasteiger partial charge in [-0.3, -0.25) is 0 Å². The molecule has 0 atom stereocenters. The first-order valence-electron chi connectivity index (χ1n) is 5.01. The molecule has 1 heterocycles. The van der Waals surface area contributed by atoms with Gasteiger partial charge in [0.05, 0.1) is 10.0 Å². The number of carbonyl (C=O) groups excluding carboxylic acids is 1. The van der Waals surface area contributed by atoms with Gasteiger partial charge in [-0.1, -0.05) is 6.07 Å². The van der Waals surface area contributed by atoms with E-state index in [9.17, 15) is 4.79 Å². The maximum Gasteiger partial charge on any atom is 0.235 e. The largest absolute Gasteiger partial charge is 0.463 e. The first-order valence-corrected chi connectivity index (χ1v) is 5.81. The van der Waals surface area contributed by atoms with Crippen molar-refractivity contribution in [1.29, 1.82) is 0 Å². The summed E-state index contributed by atoms with van der Waals surface area (Å²) in [7, 11) is 0. The van der Waals surface area contributed by atoms with Crippen molar-refractivity contribution in [2.75, 3.05) is 0 Å². The molecule has 0 amide bonds. The van der Waals surface area contributed by atoms with E-state index in [1.807, 2.05) is 18.2 Å². The maximum atomic E-state index is 10.4. The van der Waals surface area contributed by atoms with E-state index in [0.717, 1.165) is 33.8 Å². The lowest BCUT2D eigenvalue weighted by Crippen LogP contribution is -2.01. The van der Waals surface area contributed by atoms with Gasteiger partial charge in [0.25, 0.3) is 0 Å². The number of benzene rings is 1. The monoisotopic (exact) mass is 277 g/mol.